The number of benzene rings is 1. The quantitative estimate of drug-likeness (QED) is 0.800. The molecular weight excluding hydrogens is 354 g/mol. The highest BCUT2D eigenvalue weighted by atomic mass is 16.5. The van der Waals surface area contributed by atoms with Crippen LogP contribution in [0.1, 0.15) is 28.9 Å². The molecule has 2 bridgehead atoms. The second-order valence-electron chi connectivity index (χ2n) is 7.55. The van der Waals surface area contributed by atoms with E-state index in [1.807, 2.05) is 46.2 Å². The average Bonchev–Trinajstić information content (AvgIpc) is 3.07. The first-order valence-electron chi connectivity index (χ1n) is 9.82. The minimum absolute atomic E-state index is 0.0118. The highest BCUT2D eigenvalue weighted by Gasteiger charge is 2.38. The predicted octanol–water partition coefficient (Wildman–Crippen LogP) is 2.36. The summed E-state index contributed by atoms with van der Waals surface area (Å²) in [6.45, 7) is 2.45. The minimum Gasteiger partial charge on any atom is -0.367 e. The van der Waals surface area contributed by atoms with Crippen LogP contribution < -0.4 is 0 Å². The third kappa shape index (κ3) is 4.22. The summed E-state index contributed by atoms with van der Waals surface area (Å²) in [5.41, 5.74) is 1.52. The molecule has 146 valence electrons. The number of hydrogen-bond donors (Lipinski definition) is 0. The highest BCUT2D eigenvalue weighted by molar-refractivity contribution is 5.92. The lowest BCUT2D eigenvalue weighted by atomic mass is 9.95. The van der Waals surface area contributed by atoms with Crippen molar-refractivity contribution in [3.63, 3.8) is 0 Å². The van der Waals surface area contributed by atoms with E-state index in [1.54, 1.807) is 18.3 Å². The minimum atomic E-state index is -0.0490. The zero-order chi connectivity index (χ0) is 19.3. The molecule has 3 fully saturated rings. The first-order valence-corrected chi connectivity index (χ1v) is 9.82. The first-order chi connectivity index (χ1) is 13.7. The topological polar surface area (TPSA) is 62.7 Å². The number of piperidine rings is 1. The Bertz CT molecular complexity index is 812. The van der Waals surface area contributed by atoms with Crippen LogP contribution in [-0.2, 0) is 16.1 Å². The van der Waals surface area contributed by atoms with Crippen molar-refractivity contribution >= 4 is 11.8 Å². The normalized spacial score (nSPS) is 21.4. The van der Waals surface area contributed by atoms with Gasteiger partial charge in [-0.15, -0.1) is 0 Å². The molecule has 28 heavy (non-hydrogen) atoms. The monoisotopic (exact) mass is 379 g/mol. The van der Waals surface area contributed by atoms with E-state index in [9.17, 15) is 9.59 Å². The summed E-state index contributed by atoms with van der Waals surface area (Å²) in [7, 11) is 0. The van der Waals surface area contributed by atoms with Crippen LogP contribution in [0.4, 0.5) is 0 Å². The van der Waals surface area contributed by atoms with Crippen LogP contribution >= 0.6 is 0 Å². The van der Waals surface area contributed by atoms with Crippen LogP contribution in [0.3, 0.4) is 0 Å². The maximum Gasteiger partial charge on any atom is 0.272 e. The number of nitrogens with zero attached hydrogens (tertiary/aromatic N) is 3. The summed E-state index contributed by atoms with van der Waals surface area (Å²) in [4.78, 5) is 33.5. The lowest BCUT2D eigenvalue weighted by Gasteiger charge is -2.36. The van der Waals surface area contributed by atoms with Gasteiger partial charge in [-0.25, -0.2) is 0 Å². The van der Waals surface area contributed by atoms with E-state index in [1.165, 1.54) is 0 Å². The van der Waals surface area contributed by atoms with Crippen LogP contribution in [0.15, 0.2) is 54.7 Å². The van der Waals surface area contributed by atoms with Crippen LogP contribution in [-0.4, -0.2) is 58.9 Å². The van der Waals surface area contributed by atoms with Gasteiger partial charge in [0.15, 0.2) is 0 Å². The number of carbonyl (C=O) groups excluding carboxylic acids is 2. The van der Waals surface area contributed by atoms with Crippen molar-refractivity contribution in [1.82, 2.24) is 14.8 Å². The number of carbonyl (C=O) groups is 2. The van der Waals surface area contributed by atoms with Crippen molar-refractivity contribution in [2.24, 2.45) is 5.92 Å². The maximum absolute atomic E-state index is 12.8. The SMILES string of the molecule is O=C(c1ccccn1)N1C[C@H]2CC[C@@H](C1)N(C(=O)COCc1ccccc1)C2. The van der Waals surface area contributed by atoms with Gasteiger partial charge in [0.2, 0.25) is 5.91 Å². The number of pyridine rings is 1. The number of hydrogen-bond acceptors (Lipinski definition) is 4. The second-order valence-corrected chi connectivity index (χ2v) is 7.55. The number of ether oxygens (including phenoxy) is 1. The van der Waals surface area contributed by atoms with Gasteiger partial charge in [0.05, 0.1) is 6.61 Å². The third-order valence-electron chi connectivity index (χ3n) is 5.54. The fourth-order valence-corrected chi connectivity index (χ4v) is 4.12. The smallest absolute Gasteiger partial charge is 0.272 e. The number of aromatic nitrogens is 1. The molecule has 0 radical (unpaired) electrons. The number of amides is 2. The molecule has 1 aromatic heterocycles. The fourth-order valence-electron chi connectivity index (χ4n) is 4.12. The van der Waals surface area contributed by atoms with Gasteiger partial charge in [-0.1, -0.05) is 36.4 Å². The first kappa shape index (κ1) is 18.6. The third-order valence-corrected chi connectivity index (χ3v) is 5.54. The molecule has 6 heteroatoms. The molecular formula is C22H25N3O3. The Labute approximate surface area is 165 Å². The summed E-state index contributed by atoms with van der Waals surface area (Å²) < 4.78 is 5.65. The molecule has 3 saturated heterocycles. The Morgan fingerprint density at radius 1 is 1.00 bits per heavy atom. The van der Waals surface area contributed by atoms with E-state index in [0.29, 0.717) is 37.9 Å². The largest absolute Gasteiger partial charge is 0.367 e. The molecule has 0 saturated carbocycles. The van der Waals surface area contributed by atoms with Gasteiger partial charge in [-0.3, -0.25) is 14.6 Å². The maximum atomic E-state index is 12.8. The van der Waals surface area contributed by atoms with Crippen molar-refractivity contribution in [2.75, 3.05) is 26.2 Å². The van der Waals surface area contributed by atoms with Crippen molar-refractivity contribution in [3.8, 4) is 0 Å². The lowest BCUT2D eigenvalue weighted by Crippen LogP contribution is -2.49. The molecule has 2 amide bonds. The molecule has 0 unspecified atom stereocenters. The molecule has 0 spiro atoms. The molecule has 1 aromatic carbocycles. The predicted molar refractivity (Wildman–Crippen MR) is 104 cm³/mol. The molecule has 3 aliphatic heterocycles. The molecule has 2 aromatic rings. The Kier molecular flexibility index (Phi) is 5.67. The summed E-state index contributed by atoms with van der Waals surface area (Å²) >= 11 is 0. The lowest BCUT2D eigenvalue weighted by molar-refractivity contribution is -0.140. The van der Waals surface area contributed by atoms with Crippen LogP contribution in [0.25, 0.3) is 0 Å². The zero-order valence-corrected chi connectivity index (χ0v) is 15.9. The van der Waals surface area contributed by atoms with Gasteiger partial charge < -0.3 is 14.5 Å². The zero-order valence-electron chi connectivity index (χ0n) is 15.9. The fraction of sp³-hybridized carbons (Fsp3) is 0.409. The molecule has 5 rings (SSSR count). The van der Waals surface area contributed by atoms with Gasteiger partial charge in [0.1, 0.15) is 12.3 Å². The van der Waals surface area contributed by atoms with E-state index >= 15 is 0 Å². The van der Waals surface area contributed by atoms with Crippen molar-refractivity contribution in [1.29, 1.82) is 0 Å². The van der Waals surface area contributed by atoms with Crippen molar-refractivity contribution in [2.45, 2.75) is 25.5 Å². The van der Waals surface area contributed by atoms with E-state index in [2.05, 4.69) is 4.98 Å². The summed E-state index contributed by atoms with van der Waals surface area (Å²) in [5.74, 6) is 0.273. The Balaban J connectivity index is 1.36. The van der Waals surface area contributed by atoms with Crippen molar-refractivity contribution in [3.05, 3.63) is 66.0 Å². The van der Waals surface area contributed by atoms with Crippen molar-refractivity contribution < 1.29 is 14.3 Å². The summed E-state index contributed by atoms with van der Waals surface area (Å²) in [6, 6.07) is 15.3. The Morgan fingerprint density at radius 3 is 2.61 bits per heavy atom. The Morgan fingerprint density at radius 2 is 1.82 bits per heavy atom. The van der Waals surface area contributed by atoms with Gasteiger partial charge in [-0.05, 0) is 36.5 Å². The van der Waals surface area contributed by atoms with Gasteiger partial charge in [-0.2, -0.15) is 0 Å². The van der Waals surface area contributed by atoms with E-state index in [0.717, 1.165) is 18.4 Å². The Hall–Kier alpha value is -2.73. The van der Waals surface area contributed by atoms with Crippen LogP contribution in [0.5, 0.6) is 0 Å². The number of rotatable bonds is 5. The molecule has 6 nitrogen and oxygen atoms in total. The molecule has 0 N–H and O–H groups in total. The van der Waals surface area contributed by atoms with Gasteiger partial charge in [0.25, 0.3) is 5.91 Å². The van der Waals surface area contributed by atoms with Crippen LogP contribution in [0, 0.1) is 5.92 Å². The number of fused-ring (bicyclic) bond motifs is 4. The van der Waals surface area contributed by atoms with E-state index < -0.39 is 0 Å². The highest BCUT2D eigenvalue weighted by Crippen LogP contribution is 2.28. The summed E-state index contributed by atoms with van der Waals surface area (Å²) in [6.07, 6.45) is 3.62. The standard InChI is InChI=1S/C22H25N3O3/c26-21(16-28-15-17-6-2-1-3-7-17)25-13-18-9-10-19(25)14-24(12-18)22(27)20-8-4-5-11-23-20/h1-8,11,18-19H,9-10,12-16H2/t18-,19+/m1/s1. The molecule has 0 aliphatic carbocycles. The molecule has 2 atom stereocenters. The van der Waals surface area contributed by atoms with E-state index in [-0.39, 0.29) is 24.5 Å². The van der Waals surface area contributed by atoms with Gasteiger partial charge in [0, 0.05) is 31.9 Å². The van der Waals surface area contributed by atoms with E-state index in [4.69, 9.17) is 4.74 Å². The molecule has 4 heterocycles. The second kappa shape index (κ2) is 8.52. The summed E-state index contributed by atoms with van der Waals surface area (Å²) in [5, 5.41) is 0. The van der Waals surface area contributed by atoms with Crippen LogP contribution in [0.2, 0.25) is 0 Å². The van der Waals surface area contributed by atoms with Gasteiger partial charge >= 0.3 is 0 Å². The average molecular weight is 379 g/mol. The molecule has 3 aliphatic rings.